The minimum Gasteiger partial charge on any atom is -0.310 e. The Bertz CT molecular complexity index is 2750. The van der Waals surface area contributed by atoms with Crippen molar-refractivity contribution in [3.05, 3.63) is 186 Å². The van der Waals surface area contributed by atoms with E-state index >= 15 is 0 Å². The summed E-state index contributed by atoms with van der Waals surface area (Å²) in [5, 5.41) is 8.02. The van der Waals surface area contributed by atoms with Crippen molar-refractivity contribution in [3.63, 3.8) is 0 Å². The minimum absolute atomic E-state index is 0.0147. The van der Waals surface area contributed by atoms with Crippen LogP contribution in [0, 0.1) is 0 Å². The van der Waals surface area contributed by atoms with Gasteiger partial charge in [0.05, 0.1) is 0 Å². The summed E-state index contributed by atoms with van der Waals surface area (Å²) in [4.78, 5) is 2.56. The molecule has 0 aromatic heterocycles. The molecule has 0 heterocycles. The molecule has 8 aromatic carbocycles. The first kappa shape index (κ1) is 38.8. The van der Waals surface area contributed by atoms with E-state index < -0.39 is 0 Å². The lowest BCUT2D eigenvalue weighted by Crippen LogP contribution is -2.19. The van der Waals surface area contributed by atoms with Crippen molar-refractivity contribution in [2.45, 2.75) is 103 Å². The molecule has 0 atom stereocenters. The first-order chi connectivity index (χ1) is 28.5. The van der Waals surface area contributed by atoms with Crippen molar-refractivity contribution >= 4 is 49.4 Å². The molecule has 0 amide bonds. The summed E-state index contributed by atoms with van der Waals surface area (Å²) in [6.45, 7) is 14.0. The second-order valence-corrected chi connectivity index (χ2v) is 19.2. The van der Waals surface area contributed by atoms with E-state index in [0.717, 1.165) is 12.8 Å². The largest absolute Gasteiger partial charge is 0.310 e. The summed E-state index contributed by atoms with van der Waals surface area (Å²) in [5.41, 5.74) is 13.2. The van der Waals surface area contributed by atoms with Crippen LogP contribution in [0.4, 0.5) is 17.1 Å². The number of aryl methyl sites for hydroxylation is 2. The van der Waals surface area contributed by atoms with Crippen molar-refractivity contribution in [2.75, 3.05) is 4.90 Å². The Hall–Kier alpha value is -5.66. The second kappa shape index (κ2) is 15.8. The normalized spacial score (nSPS) is 14.0. The lowest BCUT2D eigenvalue weighted by Gasteiger charge is -2.32. The Morgan fingerprint density at radius 3 is 1.88 bits per heavy atom. The van der Waals surface area contributed by atoms with Gasteiger partial charge in [-0.2, -0.15) is 0 Å². The van der Waals surface area contributed by atoms with E-state index in [-0.39, 0.29) is 10.8 Å². The molecule has 0 unspecified atom stereocenters. The average Bonchev–Trinajstić information content (AvgIpc) is 3.25. The molecule has 296 valence electrons. The number of anilines is 3. The van der Waals surface area contributed by atoms with Crippen molar-refractivity contribution in [1.29, 1.82) is 0 Å². The van der Waals surface area contributed by atoms with Crippen LogP contribution in [-0.4, -0.2) is 0 Å². The highest BCUT2D eigenvalue weighted by atomic mass is 15.1. The third kappa shape index (κ3) is 7.81. The van der Waals surface area contributed by atoms with Gasteiger partial charge < -0.3 is 4.90 Å². The molecule has 0 radical (unpaired) electrons. The highest BCUT2D eigenvalue weighted by Gasteiger charge is 2.25. The maximum atomic E-state index is 2.56. The fourth-order valence-electron chi connectivity index (χ4n) is 9.76. The van der Waals surface area contributed by atoms with Gasteiger partial charge in [0.15, 0.2) is 0 Å². The third-order valence-electron chi connectivity index (χ3n) is 13.1. The van der Waals surface area contributed by atoms with Crippen molar-refractivity contribution < 1.29 is 0 Å². The Morgan fingerprint density at radius 2 is 1.10 bits per heavy atom. The summed E-state index contributed by atoms with van der Waals surface area (Å²) < 4.78 is 0. The quantitative estimate of drug-likeness (QED) is 0.139. The number of para-hydroxylation sites is 1. The molecule has 1 heteroatoms. The molecule has 1 aliphatic rings. The molecule has 0 aliphatic heterocycles. The average molecular weight is 770 g/mol. The van der Waals surface area contributed by atoms with Crippen LogP contribution in [0.3, 0.4) is 0 Å². The Kier molecular flexibility index (Phi) is 10.4. The predicted octanol–water partition coefficient (Wildman–Crippen LogP) is 16.7. The van der Waals surface area contributed by atoms with Gasteiger partial charge in [0.2, 0.25) is 0 Å². The van der Waals surface area contributed by atoms with E-state index in [0.29, 0.717) is 5.92 Å². The van der Waals surface area contributed by atoms with Gasteiger partial charge >= 0.3 is 0 Å². The van der Waals surface area contributed by atoms with Crippen LogP contribution in [0.25, 0.3) is 43.4 Å². The summed E-state index contributed by atoms with van der Waals surface area (Å²) in [6.07, 6.45) is 8.63. The number of hydrogen-bond donors (Lipinski definition) is 0. The summed E-state index contributed by atoms with van der Waals surface area (Å²) in [6, 6.07) is 59.9. The van der Waals surface area contributed by atoms with E-state index in [1.54, 1.807) is 5.56 Å². The molecular weight excluding hydrogens is 711 g/mol. The van der Waals surface area contributed by atoms with Crippen LogP contribution in [0.15, 0.2) is 158 Å². The maximum absolute atomic E-state index is 2.56. The second-order valence-electron chi connectivity index (χ2n) is 19.2. The zero-order valence-electron chi connectivity index (χ0n) is 36.0. The molecule has 59 heavy (non-hydrogen) atoms. The van der Waals surface area contributed by atoms with E-state index in [2.05, 4.69) is 204 Å². The van der Waals surface area contributed by atoms with Crippen LogP contribution in [-0.2, 0) is 23.7 Å². The van der Waals surface area contributed by atoms with Gasteiger partial charge in [0.1, 0.15) is 0 Å². The fraction of sp³-hybridized carbons (Fsp3) is 0.276. The number of fused-ring (bicyclic) bond motifs is 4. The molecular formula is C58H59N. The molecule has 8 aromatic rings. The fourth-order valence-corrected chi connectivity index (χ4v) is 9.76. The predicted molar refractivity (Wildman–Crippen MR) is 256 cm³/mol. The zero-order chi connectivity index (χ0) is 40.7. The van der Waals surface area contributed by atoms with Gasteiger partial charge in [-0.05, 0) is 144 Å². The summed E-state index contributed by atoms with van der Waals surface area (Å²) in [7, 11) is 0. The topological polar surface area (TPSA) is 3.24 Å². The van der Waals surface area contributed by atoms with Gasteiger partial charge in [-0.15, -0.1) is 0 Å². The smallest absolute Gasteiger partial charge is 0.0493 e. The van der Waals surface area contributed by atoms with Crippen LogP contribution in [0.1, 0.15) is 107 Å². The third-order valence-corrected chi connectivity index (χ3v) is 13.1. The highest BCUT2D eigenvalue weighted by Crippen LogP contribution is 2.44. The maximum Gasteiger partial charge on any atom is 0.0493 e. The standard InChI is InChI=1S/C58H59N/c1-57(2,3)46-37-47(58(4,5)6)39-49(38-46)59(48-26-15-25-45(36-48)51-28-17-30-53-50-27-12-10-20-41(50)34-35-54(51)53)55-31-13-11-21-42(55)32-33-44-23-14-22-43-24-16-29-52(56(43)44)40-18-8-7-9-19-40/h10-17,20-31,34-40H,7-9,18-19,32-33H2,1-6H3. The van der Waals surface area contributed by atoms with Crippen molar-refractivity contribution in [1.82, 2.24) is 0 Å². The molecule has 0 saturated heterocycles. The van der Waals surface area contributed by atoms with Crippen molar-refractivity contribution in [2.24, 2.45) is 0 Å². The number of benzene rings is 8. The molecule has 0 N–H and O–H groups in total. The van der Waals surface area contributed by atoms with E-state index in [9.17, 15) is 0 Å². The lowest BCUT2D eigenvalue weighted by molar-refractivity contribution is 0.445. The first-order valence-electron chi connectivity index (χ1n) is 22.1. The summed E-state index contributed by atoms with van der Waals surface area (Å²) >= 11 is 0. The molecule has 0 spiro atoms. The van der Waals surface area contributed by atoms with E-state index in [4.69, 9.17) is 0 Å². The minimum atomic E-state index is -0.0147. The Morgan fingerprint density at radius 1 is 0.475 bits per heavy atom. The van der Waals surface area contributed by atoms with Crippen LogP contribution < -0.4 is 4.90 Å². The van der Waals surface area contributed by atoms with Crippen LogP contribution in [0.5, 0.6) is 0 Å². The molecule has 0 bridgehead atoms. The monoisotopic (exact) mass is 769 g/mol. The Labute approximate surface area is 352 Å². The number of hydrogen-bond acceptors (Lipinski definition) is 1. The van der Waals surface area contributed by atoms with E-state index in [1.165, 1.54) is 115 Å². The van der Waals surface area contributed by atoms with Gasteiger partial charge in [0.25, 0.3) is 0 Å². The number of rotatable bonds is 8. The molecule has 1 fully saturated rings. The lowest BCUT2D eigenvalue weighted by atomic mass is 9.80. The van der Waals surface area contributed by atoms with Crippen LogP contribution >= 0.6 is 0 Å². The van der Waals surface area contributed by atoms with E-state index in [1.807, 2.05) is 0 Å². The SMILES string of the molecule is CC(C)(C)c1cc(N(c2cccc(-c3cccc4c3ccc3ccccc34)c2)c2ccccc2CCc2cccc3cccc(C4CCCCC4)c23)cc(C(C)(C)C)c1. The molecule has 9 rings (SSSR count). The van der Waals surface area contributed by atoms with Crippen LogP contribution in [0.2, 0.25) is 0 Å². The Balaban J connectivity index is 1.19. The summed E-state index contributed by atoms with van der Waals surface area (Å²) in [5.74, 6) is 0.663. The molecule has 1 saturated carbocycles. The van der Waals surface area contributed by atoms with Gasteiger partial charge in [-0.25, -0.2) is 0 Å². The van der Waals surface area contributed by atoms with Crippen molar-refractivity contribution in [3.8, 4) is 11.1 Å². The van der Waals surface area contributed by atoms with Gasteiger partial charge in [-0.3, -0.25) is 0 Å². The first-order valence-corrected chi connectivity index (χ1v) is 22.1. The van der Waals surface area contributed by atoms with Gasteiger partial charge in [-0.1, -0.05) is 188 Å². The zero-order valence-corrected chi connectivity index (χ0v) is 36.0. The number of nitrogens with zero attached hydrogens (tertiary/aromatic N) is 1. The molecule has 1 nitrogen and oxygen atoms in total. The molecule has 1 aliphatic carbocycles. The van der Waals surface area contributed by atoms with Gasteiger partial charge in [0, 0.05) is 17.1 Å². The highest BCUT2D eigenvalue weighted by molar-refractivity contribution is 6.12.